The van der Waals surface area contributed by atoms with Crippen molar-refractivity contribution in [2.45, 2.75) is 0 Å². The van der Waals surface area contributed by atoms with Crippen LogP contribution in [-0.4, -0.2) is 33.2 Å². The number of benzene rings is 2. The fraction of sp³-hybridized carbons (Fsp3) is 0.158. The number of ether oxygens (including phenoxy) is 4. The number of nitrogens with zero attached hydrogens (tertiary/aromatic N) is 1. The van der Waals surface area contributed by atoms with Crippen molar-refractivity contribution in [2.75, 3.05) is 21.3 Å². The lowest BCUT2D eigenvalue weighted by Gasteiger charge is -2.07. The predicted molar refractivity (Wildman–Crippen MR) is 101 cm³/mol. The van der Waals surface area contributed by atoms with Crippen molar-refractivity contribution in [1.82, 2.24) is 0 Å². The van der Waals surface area contributed by atoms with Gasteiger partial charge in [-0.05, 0) is 57.9 Å². The molecule has 1 aliphatic heterocycles. The molecule has 0 fully saturated rings. The summed E-state index contributed by atoms with van der Waals surface area (Å²) in [6, 6.07) is 10.7. The summed E-state index contributed by atoms with van der Waals surface area (Å²) in [6.45, 7) is 0. The SMILES string of the molecule is COc1ccc(C2=NC(=Cc3ccc(OC)c(OC)c3)C(=O)O2)cc1Br. The number of carbonyl (C=O) groups excluding carboxylic acids is 1. The van der Waals surface area contributed by atoms with E-state index in [4.69, 9.17) is 18.9 Å². The summed E-state index contributed by atoms with van der Waals surface area (Å²) in [7, 11) is 4.70. The molecule has 26 heavy (non-hydrogen) atoms. The van der Waals surface area contributed by atoms with Crippen molar-refractivity contribution >= 4 is 33.9 Å². The van der Waals surface area contributed by atoms with Crippen LogP contribution in [0.3, 0.4) is 0 Å². The van der Waals surface area contributed by atoms with E-state index in [0.29, 0.717) is 22.8 Å². The van der Waals surface area contributed by atoms with Crippen LogP contribution in [0.1, 0.15) is 11.1 Å². The zero-order valence-corrected chi connectivity index (χ0v) is 16.0. The Morgan fingerprint density at radius 3 is 2.31 bits per heavy atom. The largest absolute Gasteiger partial charge is 0.496 e. The summed E-state index contributed by atoms with van der Waals surface area (Å²) in [5.74, 6) is 1.58. The molecule has 0 radical (unpaired) electrons. The monoisotopic (exact) mass is 417 g/mol. The Hall–Kier alpha value is -2.80. The average Bonchev–Trinajstić information content (AvgIpc) is 3.02. The molecule has 1 heterocycles. The van der Waals surface area contributed by atoms with E-state index in [2.05, 4.69) is 20.9 Å². The van der Waals surface area contributed by atoms with Gasteiger partial charge in [-0.2, -0.15) is 0 Å². The molecule has 0 atom stereocenters. The minimum absolute atomic E-state index is 0.208. The fourth-order valence-electron chi connectivity index (χ4n) is 2.43. The maximum atomic E-state index is 12.2. The van der Waals surface area contributed by atoms with Crippen molar-refractivity contribution < 1.29 is 23.7 Å². The van der Waals surface area contributed by atoms with Crippen LogP contribution >= 0.6 is 15.9 Å². The molecule has 0 aromatic heterocycles. The second kappa shape index (κ2) is 7.61. The summed E-state index contributed by atoms with van der Waals surface area (Å²) in [4.78, 5) is 16.5. The lowest BCUT2D eigenvalue weighted by atomic mass is 10.1. The van der Waals surface area contributed by atoms with Gasteiger partial charge in [-0.1, -0.05) is 6.07 Å². The molecule has 134 valence electrons. The van der Waals surface area contributed by atoms with E-state index >= 15 is 0 Å². The standard InChI is InChI=1S/C19H16BrNO5/c1-23-15-7-5-12(10-13(15)20)18-21-14(19(22)26-18)8-11-4-6-16(24-2)17(9-11)25-3/h4-10H,1-3H3. The van der Waals surface area contributed by atoms with Gasteiger partial charge in [0.25, 0.3) is 0 Å². The molecule has 2 aromatic rings. The summed E-state index contributed by atoms with van der Waals surface area (Å²) in [5.41, 5.74) is 1.62. The first-order valence-electron chi connectivity index (χ1n) is 7.64. The van der Waals surface area contributed by atoms with E-state index in [-0.39, 0.29) is 11.6 Å². The number of aliphatic imine (C=N–C) groups is 1. The molecule has 0 saturated heterocycles. The first-order chi connectivity index (χ1) is 12.5. The highest BCUT2D eigenvalue weighted by molar-refractivity contribution is 9.10. The molecular weight excluding hydrogens is 402 g/mol. The Kier molecular flexibility index (Phi) is 5.27. The number of hydrogen-bond acceptors (Lipinski definition) is 6. The van der Waals surface area contributed by atoms with E-state index in [9.17, 15) is 4.79 Å². The Balaban J connectivity index is 1.93. The number of carbonyl (C=O) groups is 1. The number of methoxy groups -OCH3 is 3. The summed E-state index contributed by atoms with van der Waals surface area (Å²) >= 11 is 3.41. The van der Waals surface area contributed by atoms with Crippen molar-refractivity contribution in [1.29, 1.82) is 0 Å². The number of rotatable bonds is 5. The minimum atomic E-state index is -0.512. The topological polar surface area (TPSA) is 66.3 Å². The van der Waals surface area contributed by atoms with Crippen LogP contribution in [0.4, 0.5) is 0 Å². The molecule has 1 aliphatic rings. The van der Waals surface area contributed by atoms with Crippen LogP contribution in [0.15, 0.2) is 51.6 Å². The van der Waals surface area contributed by atoms with Crippen molar-refractivity contribution in [3.63, 3.8) is 0 Å². The van der Waals surface area contributed by atoms with Crippen LogP contribution in [0, 0.1) is 0 Å². The molecular formula is C19H16BrNO5. The van der Waals surface area contributed by atoms with Gasteiger partial charge in [0, 0.05) is 5.56 Å². The van der Waals surface area contributed by atoms with Gasteiger partial charge in [0.1, 0.15) is 5.75 Å². The molecule has 0 amide bonds. The van der Waals surface area contributed by atoms with Gasteiger partial charge in [-0.3, -0.25) is 0 Å². The smallest absolute Gasteiger partial charge is 0.363 e. The van der Waals surface area contributed by atoms with Crippen LogP contribution in [0.5, 0.6) is 17.2 Å². The zero-order chi connectivity index (χ0) is 18.7. The first kappa shape index (κ1) is 18.0. The van der Waals surface area contributed by atoms with E-state index in [1.807, 2.05) is 0 Å². The Bertz CT molecular complexity index is 920. The van der Waals surface area contributed by atoms with E-state index < -0.39 is 5.97 Å². The van der Waals surface area contributed by atoms with Crippen LogP contribution < -0.4 is 14.2 Å². The summed E-state index contributed by atoms with van der Waals surface area (Å²) < 4.78 is 21.7. The van der Waals surface area contributed by atoms with Gasteiger partial charge in [-0.15, -0.1) is 0 Å². The Morgan fingerprint density at radius 1 is 0.962 bits per heavy atom. The zero-order valence-electron chi connectivity index (χ0n) is 14.4. The molecule has 0 saturated carbocycles. The molecule has 7 heteroatoms. The van der Waals surface area contributed by atoms with Gasteiger partial charge in [-0.25, -0.2) is 9.79 Å². The molecule has 0 aliphatic carbocycles. The quantitative estimate of drug-likeness (QED) is 0.546. The van der Waals surface area contributed by atoms with E-state index in [0.717, 1.165) is 10.0 Å². The minimum Gasteiger partial charge on any atom is -0.496 e. The highest BCUT2D eigenvalue weighted by Crippen LogP contribution is 2.30. The van der Waals surface area contributed by atoms with Gasteiger partial charge in [0.2, 0.25) is 5.90 Å². The van der Waals surface area contributed by atoms with Gasteiger partial charge < -0.3 is 18.9 Å². The molecule has 0 N–H and O–H groups in total. The average molecular weight is 418 g/mol. The summed E-state index contributed by atoms with van der Waals surface area (Å²) in [6.07, 6.45) is 1.63. The van der Waals surface area contributed by atoms with Gasteiger partial charge in [0.05, 0.1) is 25.8 Å². The third-order valence-electron chi connectivity index (χ3n) is 3.73. The van der Waals surface area contributed by atoms with Crippen molar-refractivity contribution in [3.8, 4) is 17.2 Å². The lowest BCUT2D eigenvalue weighted by molar-refractivity contribution is -0.129. The number of esters is 1. The van der Waals surface area contributed by atoms with E-state index in [1.54, 1.807) is 63.8 Å². The molecule has 0 spiro atoms. The van der Waals surface area contributed by atoms with Crippen LogP contribution in [0.2, 0.25) is 0 Å². The number of cyclic esters (lactones) is 1. The highest BCUT2D eigenvalue weighted by Gasteiger charge is 2.24. The maximum absolute atomic E-state index is 12.2. The molecule has 6 nitrogen and oxygen atoms in total. The first-order valence-corrected chi connectivity index (χ1v) is 8.43. The van der Waals surface area contributed by atoms with Gasteiger partial charge >= 0.3 is 5.97 Å². The molecule has 2 aromatic carbocycles. The third kappa shape index (κ3) is 3.57. The van der Waals surface area contributed by atoms with E-state index in [1.165, 1.54) is 0 Å². The normalized spacial score (nSPS) is 14.8. The van der Waals surface area contributed by atoms with Crippen LogP contribution in [-0.2, 0) is 9.53 Å². The lowest BCUT2D eigenvalue weighted by Crippen LogP contribution is -2.05. The fourth-order valence-corrected chi connectivity index (χ4v) is 2.97. The summed E-state index contributed by atoms with van der Waals surface area (Å²) in [5, 5.41) is 0. The third-order valence-corrected chi connectivity index (χ3v) is 4.35. The molecule has 0 bridgehead atoms. The second-order valence-electron chi connectivity index (χ2n) is 5.30. The second-order valence-corrected chi connectivity index (χ2v) is 6.15. The van der Waals surface area contributed by atoms with Crippen LogP contribution in [0.25, 0.3) is 6.08 Å². The number of hydrogen-bond donors (Lipinski definition) is 0. The molecule has 0 unspecified atom stereocenters. The van der Waals surface area contributed by atoms with Gasteiger partial charge in [0.15, 0.2) is 17.2 Å². The molecule has 3 rings (SSSR count). The van der Waals surface area contributed by atoms with Crippen molar-refractivity contribution in [2.24, 2.45) is 4.99 Å². The highest BCUT2D eigenvalue weighted by atomic mass is 79.9. The predicted octanol–water partition coefficient (Wildman–Crippen LogP) is 3.82. The Morgan fingerprint density at radius 2 is 1.65 bits per heavy atom. The maximum Gasteiger partial charge on any atom is 0.363 e. The van der Waals surface area contributed by atoms with Crippen molar-refractivity contribution in [3.05, 3.63) is 57.7 Å². The number of halogens is 1. The Labute approximate surface area is 159 Å².